The lowest BCUT2D eigenvalue weighted by atomic mass is 10.1. The first-order valence-corrected chi connectivity index (χ1v) is 8.51. The van der Waals surface area contributed by atoms with Crippen molar-refractivity contribution in [2.24, 2.45) is 0 Å². The second-order valence-corrected chi connectivity index (χ2v) is 5.95. The largest absolute Gasteiger partial charge is 0.418 e. The average molecular weight is 386 g/mol. The van der Waals surface area contributed by atoms with Gasteiger partial charge in [-0.3, -0.25) is 4.79 Å². The Kier molecular flexibility index (Phi) is 5.88. The Morgan fingerprint density at radius 2 is 1.64 bits per heavy atom. The molecule has 1 heterocycles. The minimum Gasteiger partial charge on any atom is -0.350 e. The Bertz CT molecular complexity index is 928. The van der Waals surface area contributed by atoms with E-state index in [-0.39, 0.29) is 17.2 Å². The summed E-state index contributed by atoms with van der Waals surface area (Å²) in [5.74, 6) is -0.289. The van der Waals surface area contributed by atoms with Crippen molar-refractivity contribution in [2.45, 2.75) is 12.6 Å². The van der Waals surface area contributed by atoms with Gasteiger partial charge >= 0.3 is 6.18 Å². The minimum absolute atomic E-state index is 0.0859. The standard InChI is InChI=1S/C20H17F3N4O/c21-20(22,23)15-8-4-5-9-16(15)27-18-13-25-17(12-26-18)19(28)24-11-10-14-6-2-1-3-7-14/h1-9,12-13H,10-11H2,(H,24,28)(H,26,27). The highest BCUT2D eigenvalue weighted by Gasteiger charge is 2.33. The van der Waals surface area contributed by atoms with Gasteiger partial charge < -0.3 is 10.6 Å². The molecule has 0 radical (unpaired) electrons. The van der Waals surface area contributed by atoms with E-state index in [0.717, 1.165) is 11.6 Å². The second kappa shape index (κ2) is 8.51. The Morgan fingerprint density at radius 3 is 2.32 bits per heavy atom. The minimum atomic E-state index is -4.49. The average Bonchev–Trinajstić information content (AvgIpc) is 2.69. The number of alkyl halides is 3. The molecule has 1 aromatic heterocycles. The van der Waals surface area contributed by atoms with Gasteiger partial charge in [-0.15, -0.1) is 0 Å². The van der Waals surface area contributed by atoms with E-state index in [9.17, 15) is 18.0 Å². The number of hydrogen-bond acceptors (Lipinski definition) is 4. The molecule has 3 rings (SSSR count). The van der Waals surface area contributed by atoms with Crippen LogP contribution in [0.2, 0.25) is 0 Å². The molecule has 0 aliphatic heterocycles. The fourth-order valence-electron chi connectivity index (χ4n) is 2.54. The highest BCUT2D eigenvalue weighted by atomic mass is 19.4. The van der Waals surface area contributed by atoms with Gasteiger partial charge in [0.25, 0.3) is 5.91 Å². The molecule has 0 unspecified atom stereocenters. The van der Waals surface area contributed by atoms with Crippen LogP contribution in [0.25, 0.3) is 0 Å². The van der Waals surface area contributed by atoms with Crippen molar-refractivity contribution >= 4 is 17.4 Å². The van der Waals surface area contributed by atoms with E-state index in [1.807, 2.05) is 30.3 Å². The lowest BCUT2D eigenvalue weighted by Gasteiger charge is -2.13. The van der Waals surface area contributed by atoms with Crippen molar-refractivity contribution in [3.63, 3.8) is 0 Å². The number of benzene rings is 2. The number of nitrogens with one attached hydrogen (secondary N) is 2. The van der Waals surface area contributed by atoms with E-state index in [0.29, 0.717) is 13.0 Å². The molecule has 0 saturated heterocycles. The zero-order valence-corrected chi connectivity index (χ0v) is 14.7. The van der Waals surface area contributed by atoms with Gasteiger partial charge in [-0.25, -0.2) is 9.97 Å². The monoisotopic (exact) mass is 386 g/mol. The van der Waals surface area contributed by atoms with E-state index in [2.05, 4.69) is 20.6 Å². The summed E-state index contributed by atoms with van der Waals surface area (Å²) in [7, 11) is 0. The number of carbonyl (C=O) groups is 1. The maximum atomic E-state index is 13.0. The quantitative estimate of drug-likeness (QED) is 0.666. The fourth-order valence-corrected chi connectivity index (χ4v) is 2.54. The van der Waals surface area contributed by atoms with Gasteiger partial charge in [0, 0.05) is 6.54 Å². The van der Waals surface area contributed by atoms with Crippen LogP contribution in [0.5, 0.6) is 0 Å². The zero-order chi connectivity index (χ0) is 20.0. The molecular weight excluding hydrogens is 369 g/mol. The first kappa shape index (κ1) is 19.3. The summed E-state index contributed by atoms with van der Waals surface area (Å²) in [5, 5.41) is 5.32. The fraction of sp³-hybridized carbons (Fsp3) is 0.150. The van der Waals surface area contributed by atoms with Crippen molar-refractivity contribution in [2.75, 3.05) is 11.9 Å². The van der Waals surface area contributed by atoms with Crippen molar-refractivity contribution in [3.05, 3.63) is 83.8 Å². The third-order valence-corrected chi connectivity index (χ3v) is 3.92. The third kappa shape index (κ3) is 5.06. The number of nitrogens with zero attached hydrogens (tertiary/aromatic N) is 2. The maximum absolute atomic E-state index is 13.0. The summed E-state index contributed by atoms with van der Waals surface area (Å²) in [6, 6.07) is 14.8. The Balaban J connectivity index is 1.60. The molecule has 0 bridgehead atoms. The lowest BCUT2D eigenvalue weighted by molar-refractivity contribution is -0.136. The number of amides is 1. The van der Waals surface area contributed by atoms with Crippen molar-refractivity contribution in [1.82, 2.24) is 15.3 Å². The summed E-state index contributed by atoms with van der Waals surface area (Å²) in [6.45, 7) is 0.434. The predicted octanol–water partition coefficient (Wildman–Crippen LogP) is 4.21. The maximum Gasteiger partial charge on any atom is 0.418 e. The van der Waals surface area contributed by atoms with Crippen molar-refractivity contribution in [3.8, 4) is 0 Å². The highest BCUT2D eigenvalue weighted by molar-refractivity contribution is 5.92. The second-order valence-electron chi connectivity index (χ2n) is 5.95. The van der Waals surface area contributed by atoms with Gasteiger partial charge in [0.05, 0.1) is 23.6 Å². The lowest BCUT2D eigenvalue weighted by Crippen LogP contribution is -2.26. The highest BCUT2D eigenvalue weighted by Crippen LogP contribution is 2.35. The summed E-state index contributed by atoms with van der Waals surface area (Å²) < 4.78 is 39.1. The van der Waals surface area contributed by atoms with Crippen LogP contribution in [0.1, 0.15) is 21.6 Å². The number of halogens is 3. The summed E-state index contributed by atoms with van der Waals surface area (Å²) in [5.41, 5.74) is 0.239. The molecule has 2 aromatic carbocycles. The van der Waals surface area contributed by atoms with Crippen LogP contribution < -0.4 is 10.6 Å². The molecule has 0 saturated carbocycles. The molecule has 0 aliphatic carbocycles. The third-order valence-electron chi connectivity index (χ3n) is 3.92. The number of hydrogen-bond donors (Lipinski definition) is 2. The van der Waals surface area contributed by atoms with Crippen LogP contribution in [-0.4, -0.2) is 22.4 Å². The Hall–Kier alpha value is -3.42. The number of anilines is 2. The predicted molar refractivity (Wildman–Crippen MR) is 99.2 cm³/mol. The number of carbonyl (C=O) groups excluding carboxylic acids is 1. The molecule has 0 atom stereocenters. The van der Waals surface area contributed by atoms with E-state index < -0.39 is 17.6 Å². The molecule has 0 aliphatic rings. The first-order chi connectivity index (χ1) is 13.4. The number of aromatic nitrogens is 2. The Morgan fingerprint density at radius 1 is 0.929 bits per heavy atom. The molecule has 0 fully saturated rings. The van der Waals surface area contributed by atoms with Gasteiger partial charge in [0.1, 0.15) is 11.5 Å². The molecule has 2 N–H and O–H groups in total. The van der Waals surface area contributed by atoms with Crippen LogP contribution >= 0.6 is 0 Å². The molecular formula is C20H17F3N4O. The SMILES string of the molecule is O=C(NCCc1ccccc1)c1cnc(Nc2ccccc2C(F)(F)F)cn1. The summed E-state index contributed by atoms with van der Waals surface area (Å²) in [4.78, 5) is 20.1. The molecule has 144 valence electrons. The zero-order valence-electron chi connectivity index (χ0n) is 14.7. The molecule has 0 spiro atoms. The normalized spacial score (nSPS) is 11.1. The van der Waals surface area contributed by atoms with E-state index in [4.69, 9.17) is 0 Å². The molecule has 28 heavy (non-hydrogen) atoms. The van der Waals surface area contributed by atoms with Crippen molar-refractivity contribution < 1.29 is 18.0 Å². The smallest absolute Gasteiger partial charge is 0.350 e. The van der Waals surface area contributed by atoms with Gasteiger partial charge in [-0.2, -0.15) is 13.2 Å². The Labute approximate surface area is 159 Å². The molecule has 3 aromatic rings. The van der Waals surface area contributed by atoms with Crippen LogP contribution in [0.4, 0.5) is 24.7 Å². The molecule has 5 nitrogen and oxygen atoms in total. The van der Waals surface area contributed by atoms with E-state index >= 15 is 0 Å². The molecule has 8 heteroatoms. The summed E-state index contributed by atoms with van der Waals surface area (Å²) >= 11 is 0. The van der Waals surface area contributed by atoms with Gasteiger partial charge in [0.2, 0.25) is 0 Å². The van der Waals surface area contributed by atoms with Gasteiger partial charge in [-0.05, 0) is 24.1 Å². The number of para-hydroxylation sites is 1. The van der Waals surface area contributed by atoms with Crippen LogP contribution in [0.3, 0.4) is 0 Å². The van der Waals surface area contributed by atoms with E-state index in [1.165, 1.54) is 30.6 Å². The molecule has 1 amide bonds. The topological polar surface area (TPSA) is 66.9 Å². The van der Waals surface area contributed by atoms with Crippen LogP contribution in [0.15, 0.2) is 67.0 Å². The van der Waals surface area contributed by atoms with Crippen LogP contribution in [0, 0.1) is 0 Å². The van der Waals surface area contributed by atoms with Gasteiger partial charge in [0.15, 0.2) is 0 Å². The number of rotatable bonds is 6. The first-order valence-electron chi connectivity index (χ1n) is 8.51. The van der Waals surface area contributed by atoms with Crippen LogP contribution in [-0.2, 0) is 12.6 Å². The van der Waals surface area contributed by atoms with Crippen molar-refractivity contribution in [1.29, 1.82) is 0 Å². The van der Waals surface area contributed by atoms with E-state index in [1.54, 1.807) is 0 Å². The summed E-state index contributed by atoms with van der Waals surface area (Å²) in [6.07, 6.45) is -1.38. The van der Waals surface area contributed by atoms with Gasteiger partial charge in [-0.1, -0.05) is 42.5 Å².